The summed E-state index contributed by atoms with van der Waals surface area (Å²) in [6, 6.07) is 0. The lowest BCUT2D eigenvalue weighted by Crippen LogP contribution is -2.44. The minimum Gasteiger partial charge on any atom is -0.318 e. The molecule has 0 aliphatic heterocycles. The lowest BCUT2D eigenvalue weighted by Gasteiger charge is -2.35. The molecule has 1 rings (SSSR count). The monoisotopic (exact) mass is 166 g/mol. The smallest absolute Gasteiger partial charge is 0.177 e. The van der Waals surface area contributed by atoms with E-state index in [4.69, 9.17) is 5.26 Å². The van der Waals surface area contributed by atoms with Crippen molar-refractivity contribution < 1.29 is 0 Å². The summed E-state index contributed by atoms with van der Waals surface area (Å²) in [5, 5.41) is 11.5. The van der Waals surface area contributed by atoms with Gasteiger partial charge >= 0.3 is 0 Å². The SMILES string of the molecule is CC(C)(NC#N)C1CCCCC1. The van der Waals surface area contributed by atoms with Gasteiger partial charge in [-0.2, -0.15) is 5.26 Å². The maximum Gasteiger partial charge on any atom is 0.177 e. The van der Waals surface area contributed by atoms with Crippen LogP contribution in [0.25, 0.3) is 0 Å². The molecule has 0 saturated heterocycles. The van der Waals surface area contributed by atoms with Crippen molar-refractivity contribution in [2.75, 3.05) is 0 Å². The number of hydrogen-bond acceptors (Lipinski definition) is 2. The van der Waals surface area contributed by atoms with Gasteiger partial charge in [0.1, 0.15) is 0 Å². The predicted molar refractivity (Wildman–Crippen MR) is 49.4 cm³/mol. The first-order valence-corrected chi connectivity index (χ1v) is 4.83. The maximum atomic E-state index is 8.57. The first-order chi connectivity index (χ1) is 5.67. The van der Waals surface area contributed by atoms with Crippen molar-refractivity contribution in [2.24, 2.45) is 5.92 Å². The Labute approximate surface area is 75.0 Å². The Morgan fingerprint density at radius 1 is 1.25 bits per heavy atom. The minimum absolute atomic E-state index is 0.00910. The lowest BCUT2D eigenvalue weighted by atomic mass is 9.77. The highest BCUT2D eigenvalue weighted by molar-refractivity contribution is 4.92. The molecule has 68 valence electrons. The van der Waals surface area contributed by atoms with Crippen molar-refractivity contribution >= 4 is 0 Å². The van der Waals surface area contributed by atoms with Crippen LogP contribution >= 0.6 is 0 Å². The first-order valence-electron chi connectivity index (χ1n) is 4.83. The average Bonchev–Trinajstić information content (AvgIpc) is 2.06. The van der Waals surface area contributed by atoms with Crippen LogP contribution in [0.5, 0.6) is 0 Å². The predicted octanol–water partition coefficient (Wildman–Crippen LogP) is 2.42. The molecular formula is C10H18N2. The van der Waals surface area contributed by atoms with Gasteiger partial charge < -0.3 is 5.32 Å². The van der Waals surface area contributed by atoms with Crippen molar-refractivity contribution in [3.8, 4) is 6.19 Å². The molecule has 0 unspecified atom stereocenters. The van der Waals surface area contributed by atoms with Crippen LogP contribution in [-0.4, -0.2) is 5.54 Å². The summed E-state index contributed by atoms with van der Waals surface area (Å²) in [6.45, 7) is 4.26. The zero-order valence-corrected chi connectivity index (χ0v) is 8.06. The Morgan fingerprint density at radius 3 is 2.33 bits per heavy atom. The van der Waals surface area contributed by atoms with Gasteiger partial charge in [0.2, 0.25) is 0 Å². The van der Waals surface area contributed by atoms with Crippen molar-refractivity contribution in [1.29, 1.82) is 5.26 Å². The molecule has 1 aliphatic rings. The van der Waals surface area contributed by atoms with Gasteiger partial charge in [-0.05, 0) is 32.6 Å². The van der Waals surface area contributed by atoms with Crippen molar-refractivity contribution in [1.82, 2.24) is 5.32 Å². The maximum absolute atomic E-state index is 8.57. The zero-order chi connectivity index (χ0) is 9.03. The largest absolute Gasteiger partial charge is 0.318 e. The van der Waals surface area contributed by atoms with Gasteiger partial charge in [-0.1, -0.05) is 19.3 Å². The quantitative estimate of drug-likeness (QED) is 0.505. The Bertz CT molecular complexity index is 173. The molecule has 1 N–H and O–H groups in total. The number of hydrogen-bond donors (Lipinski definition) is 1. The molecule has 0 aromatic carbocycles. The molecule has 0 radical (unpaired) electrons. The Hall–Kier alpha value is -0.710. The molecule has 0 aromatic rings. The van der Waals surface area contributed by atoms with E-state index in [1.54, 1.807) is 0 Å². The summed E-state index contributed by atoms with van der Waals surface area (Å²) in [5.41, 5.74) is 0.00910. The second-order valence-corrected chi connectivity index (χ2v) is 4.29. The van der Waals surface area contributed by atoms with E-state index in [-0.39, 0.29) is 5.54 Å². The number of nitriles is 1. The van der Waals surface area contributed by atoms with E-state index in [0.29, 0.717) is 5.92 Å². The molecule has 0 aromatic heterocycles. The summed E-state index contributed by atoms with van der Waals surface area (Å²) in [5.74, 6) is 0.686. The van der Waals surface area contributed by atoms with Crippen LogP contribution in [-0.2, 0) is 0 Å². The van der Waals surface area contributed by atoms with Gasteiger partial charge in [0.05, 0.1) is 0 Å². The van der Waals surface area contributed by atoms with E-state index >= 15 is 0 Å². The summed E-state index contributed by atoms with van der Waals surface area (Å²) in [4.78, 5) is 0. The van der Waals surface area contributed by atoms with Gasteiger partial charge in [0.25, 0.3) is 0 Å². The molecule has 1 saturated carbocycles. The van der Waals surface area contributed by atoms with E-state index in [1.807, 2.05) is 0 Å². The summed E-state index contributed by atoms with van der Waals surface area (Å²) in [6.07, 6.45) is 8.66. The van der Waals surface area contributed by atoms with Crippen LogP contribution in [0.2, 0.25) is 0 Å². The standard InChI is InChI=1S/C10H18N2/c1-10(2,12-8-11)9-6-4-3-5-7-9/h9,12H,3-7H2,1-2H3. The highest BCUT2D eigenvalue weighted by Crippen LogP contribution is 2.31. The summed E-state index contributed by atoms with van der Waals surface area (Å²) in [7, 11) is 0. The fourth-order valence-electron chi connectivity index (χ4n) is 2.07. The fourth-order valence-corrected chi connectivity index (χ4v) is 2.07. The third-order valence-corrected chi connectivity index (χ3v) is 3.00. The Morgan fingerprint density at radius 2 is 1.83 bits per heavy atom. The van der Waals surface area contributed by atoms with Crippen LogP contribution in [0.3, 0.4) is 0 Å². The fraction of sp³-hybridized carbons (Fsp3) is 0.900. The van der Waals surface area contributed by atoms with Gasteiger partial charge in [-0.25, -0.2) is 0 Å². The molecule has 0 spiro atoms. The molecule has 0 heterocycles. The second-order valence-electron chi connectivity index (χ2n) is 4.29. The van der Waals surface area contributed by atoms with Crippen LogP contribution in [0.4, 0.5) is 0 Å². The van der Waals surface area contributed by atoms with Crippen molar-refractivity contribution in [3.63, 3.8) is 0 Å². The second kappa shape index (κ2) is 3.80. The molecule has 12 heavy (non-hydrogen) atoms. The molecule has 2 nitrogen and oxygen atoms in total. The van der Waals surface area contributed by atoms with Crippen LogP contribution in [0.15, 0.2) is 0 Å². The third-order valence-electron chi connectivity index (χ3n) is 3.00. The Kier molecular flexibility index (Phi) is 2.97. The molecular weight excluding hydrogens is 148 g/mol. The topological polar surface area (TPSA) is 35.8 Å². The van der Waals surface area contributed by atoms with Crippen LogP contribution in [0, 0.1) is 17.4 Å². The van der Waals surface area contributed by atoms with Crippen molar-refractivity contribution in [3.05, 3.63) is 0 Å². The molecule has 0 atom stereocenters. The number of rotatable bonds is 2. The van der Waals surface area contributed by atoms with E-state index in [9.17, 15) is 0 Å². The minimum atomic E-state index is 0.00910. The number of nitrogens with one attached hydrogen (secondary N) is 1. The van der Waals surface area contributed by atoms with E-state index in [2.05, 4.69) is 25.4 Å². The molecule has 1 fully saturated rings. The van der Waals surface area contributed by atoms with E-state index in [0.717, 1.165) is 0 Å². The zero-order valence-electron chi connectivity index (χ0n) is 8.06. The van der Waals surface area contributed by atoms with Gasteiger partial charge in [-0.3, -0.25) is 0 Å². The number of nitrogens with zero attached hydrogens (tertiary/aromatic N) is 1. The highest BCUT2D eigenvalue weighted by Gasteiger charge is 2.29. The van der Waals surface area contributed by atoms with E-state index in [1.165, 1.54) is 32.1 Å². The molecule has 2 heteroatoms. The molecule has 0 bridgehead atoms. The lowest BCUT2D eigenvalue weighted by molar-refractivity contribution is 0.215. The summed E-state index contributed by atoms with van der Waals surface area (Å²) < 4.78 is 0. The van der Waals surface area contributed by atoms with Crippen molar-refractivity contribution in [2.45, 2.75) is 51.5 Å². The van der Waals surface area contributed by atoms with Crippen LogP contribution in [0.1, 0.15) is 46.0 Å². The third kappa shape index (κ3) is 2.14. The molecule has 0 amide bonds. The van der Waals surface area contributed by atoms with Crippen LogP contribution < -0.4 is 5.32 Å². The van der Waals surface area contributed by atoms with Gasteiger partial charge in [0, 0.05) is 5.54 Å². The highest BCUT2D eigenvalue weighted by atomic mass is 15.0. The normalized spacial score (nSPS) is 20.1. The van der Waals surface area contributed by atoms with Gasteiger partial charge in [0.15, 0.2) is 6.19 Å². The summed E-state index contributed by atoms with van der Waals surface area (Å²) >= 11 is 0. The molecule has 1 aliphatic carbocycles. The first kappa shape index (κ1) is 9.38. The Balaban J connectivity index is 2.48. The van der Waals surface area contributed by atoms with Gasteiger partial charge in [-0.15, -0.1) is 0 Å². The van der Waals surface area contributed by atoms with E-state index < -0.39 is 0 Å². The average molecular weight is 166 g/mol.